The molecule has 3 aromatic rings. The van der Waals surface area contributed by atoms with Gasteiger partial charge in [0.1, 0.15) is 5.82 Å². The smallest absolute Gasteiger partial charge is 0.258 e. The molecule has 1 amide bonds. The van der Waals surface area contributed by atoms with Crippen LogP contribution in [0.5, 0.6) is 11.5 Å². The Morgan fingerprint density at radius 3 is 2.68 bits per heavy atom. The predicted octanol–water partition coefficient (Wildman–Crippen LogP) is 3.78. The summed E-state index contributed by atoms with van der Waals surface area (Å²) in [5.41, 5.74) is 2.20. The summed E-state index contributed by atoms with van der Waals surface area (Å²) < 4.78 is 10.7. The van der Waals surface area contributed by atoms with Gasteiger partial charge in [0.15, 0.2) is 11.5 Å². The molecule has 124 valence electrons. The molecule has 0 spiro atoms. The van der Waals surface area contributed by atoms with E-state index in [9.17, 15) is 4.79 Å². The summed E-state index contributed by atoms with van der Waals surface area (Å²) in [5.74, 6) is 1.54. The van der Waals surface area contributed by atoms with Gasteiger partial charge in [0, 0.05) is 24.2 Å². The molecular formula is C18H12ClN3O3. The van der Waals surface area contributed by atoms with Crippen molar-refractivity contribution in [2.75, 3.05) is 12.1 Å². The lowest BCUT2D eigenvalue weighted by molar-refractivity contribution is 0.102. The van der Waals surface area contributed by atoms with E-state index >= 15 is 0 Å². The van der Waals surface area contributed by atoms with E-state index in [1.165, 1.54) is 12.4 Å². The first-order valence-corrected chi connectivity index (χ1v) is 7.85. The van der Waals surface area contributed by atoms with Gasteiger partial charge in [-0.2, -0.15) is 0 Å². The number of anilines is 1. The monoisotopic (exact) mass is 353 g/mol. The van der Waals surface area contributed by atoms with E-state index in [4.69, 9.17) is 21.1 Å². The van der Waals surface area contributed by atoms with E-state index in [1.54, 1.807) is 18.3 Å². The van der Waals surface area contributed by atoms with Crippen molar-refractivity contribution in [3.05, 3.63) is 65.6 Å². The number of nitrogens with zero attached hydrogens (tertiary/aromatic N) is 2. The summed E-state index contributed by atoms with van der Waals surface area (Å²) in [7, 11) is 0. The van der Waals surface area contributed by atoms with Crippen molar-refractivity contribution in [1.29, 1.82) is 0 Å². The van der Waals surface area contributed by atoms with Gasteiger partial charge in [-0.25, -0.2) is 4.98 Å². The number of fused-ring (bicyclic) bond motifs is 1. The lowest BCUT2D eigenvalue weighted by atomic mass is 10.1. The van der Waals surface area contributed by atoms with Crippen LogP contribution in [-0.2, 0) is 0 Å². The minimum atomic E-state index is -0.337. The van der Waals surface area contributed by atoms with Crippen molar-refractivity contribution in [3.8, 4) is 22.6 Å². The second-order valence-corrected chi connectivity index (χ2v) is 5.72. The molecule has 1 N–H and O–H groups in total. The average molecular weight is 354 g/mol. The highest BCUT2D eigenvalue weighted by atomic mass is 35.5. The molecule has 7 heteroatoms. The van der Waals surface area contributed by atoms with Gasteiger partial charge in [-0.1, -0.05) is 17.7 Å². The van der Waals surface area contributed by atoms with Gasteiger partial charge in [-0.15, -0.1) is 0 Å². The summed E-state index contributed by atoms with van der Waals surface area (Å²) in [6.07, 6.45) is 4.62. The van der Waals surface area contributed by atoms with Crippen LogP contribution in [-0.4, -0.2) is 22.7 Å². The Labute approximate surface area is 148 Å². The molecule has 0 saturated heterocycles. The van der Waals surface area contributed by atoms with Gasteiger partial charge in [0.25, 0.3) is 5.91 Å². The largest absolute Gasteiger partial charge is 0.454 e. The molecule has 0 aliphatic carbocycles. The number of ether oxygens (including phenoxy) is 2. The number of aromatic nitrogens is 2. The van der Waals surface area contributed by atoms with Crippen molar-refractivity contribution < 1.29 is 14.3 Å². The van der Waals surface area contributed by atoms with Crippen LogP contribution in [0.1, 0.15) is 10.4 Å². The SMILES string of the molecule is O=C(Nc1ccc(-c2ccc3c(c2)OCO3)cn1)c1ccncc1Cl. The van der Waals surface area contributed by atoms with Gasteiger partial charge in [0.05, 0.1) is 10.6 Å². The normalized spacial score (nSPS) is 12.0. The summed E-state index contributed by atoms with van der Waals surface area (Å²) in [6.45, 7) is 0.236. The van der Waals surface area contributed by atoms with Crippen LogP contribution < -0.4 is 14.8 Å². The van der Waals surface area contributed by atoms with Gasteiger partial charge in [-0.3, -0.25) is 9.78 Å². The van der Waals surface area contributed by atoms with Crippen LogP contribution in [0.25, 0.3) is 11.1 Å². The Morgan fingerprint density at radius 1 is 1.04 bits per heavy atom. The van der Waals surface area contributed by atoms with Gasteiger partial charge >= 0.3 is 0 Å². The average Bonchev–Trinajstić information content (AvgIpc) is 3.10. The first kappa shape index (κ1) is 15.4. The number of halogens is 1. The summed E-state index contributed by atoms with van der Waals surface area (Å²) in [6, 6.07) is 10.8. The number of benzene rings is 1. The summed E-state index contributed by atoms with van der Waals surface area (Å²) in [4.78, 5) is 20.4. The van der Waals surface area contributed by atoms with Crippen LogP contribution in [0, 0.1) is 0 Å². The highest BCUT2D eigenvalue weighted by molar-refractivity contribution is 6.34. The molecule has 2 aromatic heterocycles. The van der Waals surface area contributed by atoms with E-state index in [1.807, 2.05) is 24.3 Å². The van der Waals surface area contributed by atoms with Crippen LogP contribution in [0.3, 0.4) is 0 Å². The van der Waals surface area contributed by atoms with Crippen molar-refractivity contribution in [1.82, 2.24) is 9.97 Å². The number of carbonyl (C=O) groups is 1. The topological polar surface area (TPSA) is 73.3 Å². The number of nitrogens with one attached hydrogen (secondary N) is 1. The zero-order valence-electron chi connectivity index (χ0n) is 12.9. The second kappa shape index (κ2) is 6.41. The van der Waals surface area contributed by atoms with Gasteiger partial charge in [-0.05, 0) is 35.9 Å². The van der Waals surface area contributed by atoms with E-state index in [-0.39, 0.29) is 17.7 Å². The predicted molar refractivity (Wildman–Crippen MR) is 93.0 cm³/mol. The molecule has 1 aromatic carbocycles. The van der Waals surface area contributed by atoms with Gasteiger partial charge in [0.2, 0.25) is 6.79 Å². The molecule has 0 bridgehead atoms. The Hall–Kier alpha value is -3.12. The number of amides is 1. The maximum Gasteiger partial charge on any atom is 0.258 e. The quantitative estimate of drug-likeness (QED) is 0.775. The maximum absolute atomic E-state index is 12.2. The lowest BCUT2D eigenvalue weighted by Gasteiger charge is -2.07. The van der Waals surface area contributed by atoms with E-state index in [0.717, 1.165) is 16.9 Å². The highest BCUT2D eigenvalue weighted by Gasteiger charge is 2.14. The molecule has 6 nitrogen and oxygen atoms in total. The van der Waals surface area contributed by atoms with Gasteiger partial charge < -0.3 is 14.8 Å². The highest BCUT2D eigenvalue weighted by Crippen LogP contribution is 2.35. The zero-order valence-corrected chi connectivity index (χ0v) is 13.7. The molecule has 1 aliphatic rings. The molecule has 0 saturated carbocycles. The molecule has 4 rings (SSSR count). The second-order valence-electron chi connectivity index (χ2n) is 5.31. The van der Waals surface area contributed by atoms with Crippen LogP contribution in [0.4, 0.5) is 5.82 Å². The fourth-order valence-corrected chi connectivity index (χ4v) is 2.66. The first-order chi connectivity index (χ1) is 12.2. The maximum atomic E-state index is 12.2. The minimum absolute atomic E-state index is 0.236. The van der Waals surface area contributed by atoms with Crippen LogP contribution >= 0.6 is 11.6 Å². The number of pyridine rings is 2. The standard InChI is InChI=1S/C18H12ClN3O3/c19-14-9-20-6-5-13(14)18(23)22-17-4-2-12(8-21-17)11-1-3-15-16(7-11)25-10-24-15/h1-9H,10H2,(H,21,22,23). The number of hydrogen-bond acceptors (Lipinski definition) is 5. The molecule has 1 aliphatic heterocycles. The molecule has 3 heterocycles. The number of rotatable bonds is 3. The van der Waals surface area contributed by atoms with Crippen molar-refractivity contribution in [2.24, 2.45) is 0 Å². The third-order valence-electron chi connectivity index (χ3n) is 3.73. The molecule has 25 heavy (non-hydrogen) atoms. The van der Waals surface area contributed by atoms with E-state index in [2.05, 4.69) is 15.3 Å². The fraction of sp³-hybridized carbons (Fsp3) is 0.0556. The number of carbonyl (C=O) groups excluding carboxylic acids is 1. The Balaban J connectivity index is 1.52. The Morgan fingerprint density at radius 2 is 1.88 bits per heavy atom. The Bertz CT molecular complexity index is 945. The molecular weight excluding hydrogens is 342 g/mol. The number of hydrogen-bond donors (Lipinski definition) is 1. The van der Waals surface area contributed by atoms with Crippen LogP contribution in [0.2, 0.25) is 5.02 Å². The molecule has 0 radical (unpaired) electrons. The van der Waals surface area contributed by atoms with Crippen molar-refractivity contribution in [3.63, 3.8) is 0 Å². The zero-order chi connectivity index (χ0) is 17.2. The minimum Gasteiger partial charge on any atom is -0.454 e. The Kier molecular flexibility index (Phi) is 3.95. The van der Waals surface area contributed by atoms with Crippen molar-refractivity contribution in [2.45, 2.75) is 0 Å². The summed E-state index contributed by atoms with van der Waals surface area (Å²) >= 11 is 5.97. The van der Waals surface area contributed by atoms with Crippen molar-refractivity contribution >= 4 is 23.3 Å². The van der Waals surface area contributed by atoms with E-state index < -0.39 is 0 Å². The molecule has 0 fully saturated rings. The summed E-state index contributed by atoms with van der Waals surface area (Å²) in [5, 5.41) is 3.00. The lowest BCUT2D eigenvalue weighted by Crippen LogP contribution is -2.13. The van der Waals surface area contributed by atoms with E-state index in [0.29, 0.717) is 17.1 Å². The molecule has 0 unspecified atom stereocenters. The third-order valence-corrected chi connectivity index (χ3v) is 4.03. The third kappa shape index (κ3) is 3.12. The molecule has 0 atom stereocenters. The van der Waals surface area contributed by atoms with Crippen LogP contribution in [0.15, 0.2) is 55.0 Å². The first-order valence-electron chi connectivity index (χ1n) is 7.47. The fourth-order valence-electron chi connectivity index (χ4n) is 2.46.